The third-order valence-electron chi connectivity index (χ3n) is 3.14. The normalized spacial score (nSPS) is 27.3. The van der Waals surface area contributed by atoms with Gasteiger partial charge >= 0.3 is 5.97 Å². The van der Waals surface area contributed by atoms with Gasteiger partial charge in [-0.25, -0.2) is 0 Å². The van der Waals surface area contributed by atoms with E-state index in [0.29, 0.717) is 12.3 Å². The van der Waals surface area contributed by atoms with Gasteiger partial charge in [0.25, 0.3) is 0 Å². The summed E-state index contributed by atoms with van der Waals surface area (Å²) in [6.07, 6.45) is 5.48. The second-order valence-corrected chi connectivity index (χ2v) is 4.22. The van der Waals surface area contributed by atoms with Crippen molar-refractivity contribution in [3.63, 3.8) is 0 Å². The summed E-state index contributed by atoms with van der Waals surface area (Å²) in [6.45, 7) is 1.12. The molecule has 0 aromatic rings. The average Bonchev–Trinajstić information content (AvgIpc) is 2.21. The topological polar surface area (TPSA) is 38.3 Å². The summed E-state index contributed by atoms with van der Waals surface area (Å²) in [4.78, 5) is 11.1. The molecule has 3 heteroatoms. The lowest BCUT2D eigenvalue weighted by Crippen LogP contribution is -2.25. The largest absolute Gasteiger partial charge is 0.469 e. The summed E-state index contributed by atoms with van der Waals surface area (Å²) in [6, 6.07) is 0. The van der Waals surface area contributed by atoms with Gasteiger partial charge in [0, 0.05) is 6.42 Å². The molecule has 1 aliphatic carbocycles. The van der Waals surface area contributed by atoms with E-state index in [2.05, 4.69) is 10.1 Å². The van der Waals surface area contributed by atoms with Crippen LogP contribution in [0.15, 0.2) is 0 Å². The van der Waals surface area contributed by atoms with E-state index in [-0.39, 0.29) is 5.97 Å². The number of rotatable bonds is 4. The van der Waals surface area contributed by atoms with Crippen molar-refractivity contribution in [3.05, 3.63) is 0 Å². The molecule has 1 N–H and O–H groups in total. The minimum Gasteiger partial charge on any atom is -0.469 e. The molecule has 0 heterocycles. The summed E-state index contributed by atoms with van der Waals surface area (Å²) in [5.41, 5.74) is 0. The molecule has 0 aliphatic heterocycles. The van der Waals surface area contributed by atoms with Crippen molar-refractivity contribution in [1.82, 2.24) is 5.32 Å². The summed E-state index contributed by atoms with van der Waals surface area (Å²) < 4.78 is 4.68. The van der Waals surface area contributed by atoms with E-state index in [1.807, 2.05) is 7.05 Å². The Labute approximate surface area is 86.2 Å². The molecule has 1 fully saturated rings. The monoisotopic (exact) mass is 199 g/mol. The van der Waals surface area contributed by atoms with Crippen LogP contribution in [0.25, 0.3) is 0 Å². The highest BCUT2D eigenvalue weighted by molar-refractivity contribution is 5.69. The molecule has 14 heavy (non-hydrogen) atoms. The van der Waals surface area contributed by atoms with Crippen LogP contribution in [-0.4, -0.2) is 26.7 Å². The fourth-order valence-electron chi connectivity index (χ4n) is 2.25. The highest BCUT2D eigenvalue weighted by atomic mass is 16.5. The van der Waals surface area contributed by atoms with Crippen LogP contribution in [0.3, 0.4) is 0 Å². The number of esters is 1. The van der Waals surface area contributed by atoms with Gasteiger partial charge < -0.3 is 10.1 Å². The maximum Gasteiger partial charge on any atom is 0.305 e. The van der Waals surface area contributed by atoms with Crippen molar-refractivity contribution >= 4 is 5.97 Å². The minimum absolute atomic E-state index is 0.0536. The predicted molar refractivity (Wildman–Crippen MR) is 56.0 cm³/mol. The zero-order valence-electron chi connectivity index (χ0n) is 9.21. The summed E-state index contributed by atoms with van der Waals surface area (Å²) >= 11 is 0. The van der Waals surface area contributed by atoms with Crippen LogP contribution in [0.1, 0.15) is 32.1 Å². The molecule has 0 bridgehead atoms. The first-order valence-electron chi connectivity index (χ1n) is 5.47. The molecular formula is C11H21NO2. The third kappa shape index (κ3) is 3.66. The highest BCUT2D eigenvalue weighted by Gasteiger charge is 2.22. The van der Waals surface area contributed by atoms with Gasteiger partial charge in [0.15, 0.2) is 0 Å². The number of hydrogen-bond donors (Lipinski definition) is 1. The van der Waals surface area contributed by atoms with Gasteiger partial charge in [-0.15, -0.1) is 0 Å². The summed E-state index contributed by atoms with van der Waals surface area (Å²) in [5.74, 6) is 1.33. The second kappa shape index (κ2) is 6.02. The van der Waals surface area contributed by atoms with E-state index in [9.17, 15) is 4.79 Å². The van der Waals surface area contributed by atoms with E-state index in [0.717, 1.165) is 12.5 Å². The summed E-state index contributed by atoms with van der Waals surface area (Å²) in [5, 5.41) is 3.21. The Kier molecular flexibility index (Phi) is 4.94. The molecule has 0 atom stereocenters. The van der Waals surface area contributed by atoms with Gasteiger partial charge in [-0.1, -0.05) is 0 Å². The van der Waals surface area contributed by atoms with E-state index in [1.165, 1.54) is 32.8 Å². The van der Waals surface area contributed by atoms with Crippen LogP contribution in [-0.2, 0) is 9.53 Å². The number of carbonyl (C=O) groups is 1. The van der Waals surface area contributed by atoms with Crippen molar-refractivity contribution in [2.75, 3.05) is 20.7 Å². The average molecular weight is 199 g/mol. The fourth-order valence-corrected chi connectivity index (χ4v) is 2.25. The molecule has 0 unspecified atom stereocenters. The van der Waals surface area contributed by atoms with E-state index >= 15 is 0 Å². The Hall–Kier alpha value is -0.570. The number of carbonyl (C=O) groups excluding carboxylic acids is 1. The quantitative estimate of drug-likeness (QED) is 0.698. The Balaban J connectivity index is 2.18. The first-order chi connectivity index (χ1) is 6.76. The maximum atomic E-state index is 11.1. The number of methoxy groups -OCH3 is 1. The Bertz CT molecular complexity index is 174. The van der Waals surface area contributed by atoms with Gasteiger partial charge in [-0.05, 0) is 51.1 Å². The first-order valence-corrected chi connectivity index (χ1v) is 5.47. The fraction of sp³-hybridized carbons (Fsp3) is 0.909. The van der Waals surface area contributed by atoms with E-state index in [4.69, 9.17) is 0 Å². The van der Waals surface area contributed by atoms with Crippen LogP contribution in [0.2, 0.25) is 0 Å². The molecule has 0 saturated heterocycles. The van der Waals surface area contributed by atoms with Crippen LogP contribution in [0.5, 0.6) is 0 Å². The SMILES string of the molecule is CNCC1CCC(CC(=O)OC)CC1. The zero-order chi connectivity index (χ0) is 10.4. The van der Waals surface area contributed by atoms with Gasteiger partial charge in [0.2, 0.25) is 0 Å². The molecule has 1 rings (SSSR count). The number of hydrogen-bond acceptors (Lipinski definition) is 3. The Morgan fingerprint density at radius 1 is 1.29 bits per heavy atom. The van der Waals surface area contributed by atoms with Gasteiger partial charge in [-0.2, -0.15) is 0 Å². The third-order valence-corrected chi connectivity index (χ3v) is 3.14. The molecule has 0 amide bonds. The van der Waals surface area contributed by atoms with Crippen molar-refractivity contribution < 1.29 is 9.53 Å². The van der Waals surface area contributed by atoms with Crippen LogP contribution in [0.4, 0.5) is 0 Å². The predicted octanol–water partition coefficient (Wildman–Crippen LogP) is 1.58. The van der Waals surface area contributed by atoms with Crippen LogP contribution < -0.4 is 5.32 Å². The van der Waals surface area contributed by atoms with Gasteiger partial charge in [0.1, 0.15) is 0 Å². The molecular weight excluding hydrogens is 178 g/mol. The molecule has 82 valence electrons. The highest BCUT2D eigenvalue weighted by Crippen LogP contribution is 2.30. The number of ether oxygens (including phenoxy) is 1. The van der Waals surface area contributed by atoms with Gasteiger partial charge in [0.05, 0.1) is 7.11 Å². The maximum absolute atomic E-state index is 11.1. The zero-order valence-corrected chi connectivity index (χ0v) is 9.21. The standard InChI is InChI=1S/C11H21NO2/c1-12-8-10-5-3-9(4-6-10)7-11(13)14-2/h9-10,12H,3-8H2,1-2H3. The number of nitrogens with one attached hydrogen (secondary N) is 1. The lowest BCUT2D eigenvalue weighted by molar-refractivity contribution is -0.142. The molecule has 0 aromatic heterocycles. The lowest BCUT2D eigenvalue weighted by atomic mass is 9.80. The van der Waals surface area contributed by atoms with E-state index in [1.54, 1.807) is 0 Å². The molecule has 3 nitrogen and oxygen atoms in total. The lowest BCUT2D eigenvalue weighted by Gasteiger charge is -2.27. The van der Waals surface area contributed by atoms with Crippen molar-refractivity contribution in [2.45, 2.75) is 32.1 Å². The molecule has 0 spiro atoms. The van der Waals surface area contributed by atoms with E-state index < -0.39 is 0 Å². The van der Waals surface area contributed by atoms with Crippen molar-refractivity contribution in [3.8, 4) is 0 Å². The Morgan fingerprint density at radius 2 is 1.86 bits per heavy atom. The minimum atomic E-state index is -0.0536. The van der Waals surface area contributed by atoms with Gasteiger partial charge in [-0.3, -0.25) is 4.79 Å². The first kappa shape index (κ1) is 11.5. The van der Waals surface area contributed by atoms with Crippen molar-refractivity contribution in [1.29, 1.82) is 0 Å². The molecule has 1 aliphatic rings. The van der Waals surface area contributed by atoms with Crippen LogP contribution >= 0.6 is 0 Å². The van der Waals surface area contributed by atoms with Crippen LogP contribution in [0, 0.1) is 11.8 Å². The second-order valence-electron chi connectivity index (χ2n) is 4.22. The molecule has 0 radical (unpaired) electrons. The summed E-state index contributed by atoms with van der Waals surface area (Å²) in [7, 11) is 3.47. The smallest absolute Gasteiger partial charge is 0.305 e. The molecule has 0 aromatic carbocycles. The Morgan fingerprint density at radius 3 is 2.36 bits per heavy atom. The van der Waals surface area contributed by atoms with Crippen molar-refractivity contribution in [2.24, 2.45) is 11.8 Å². The molecule has 1 saturated carbocycles.